The van der Waals surface area contributed by atoms with E-state index in [0.717, 1.165) is 12.8 Å². The van der Waals surface area contributed by atoms with E-state index in [-0.39, 0.29) is 23.8 Å². The van der Waals surface area contributed by atoms with Crippen LogP contribution in [0.5, 0.6) is 0 Å². The number of aryl methyl sites for hydroxylation is 1. The molecule has 1 aliphatic heterocycles. The minimum absolute atomic E-state index is 0.0348. The maximum absolute atomic E-state index is 13.1. The number of ether oxygens (including phenoxy) is 1. The molecule has 0 saturated carbocycles. The van der Waals surface area contributed by atoms with E-state index in [1.807, 2.05) is 6.92 Å². The Bertz CT molecular complexity index is 414. The van der Waals surface area contributed by atoms with Crippen LogP contribution in [0.1, 0.15) is 35.7 Å². The van der Waals surface area contributed by atoms with E-state index in [1.165, 1.54) is 12.1 Å². The van der Waals surface area contributed by atoms with Crippen LogP contribution in [-0.4, -0.2) is 18.0 Å². The summed E-state index contributed by atoms with van der Waals surface area (Å²) in [4.78, 5) is 12.0. The third-order valence-electron chi connectivity index (χ3n) is 2.97. The van der Waals surface area contributed by atoms with Gasteiger partial charge in [0.25, 0.3) is 0 Å². The predicted octanol–water partition coefficient (Wildman–Crippen LogP) is 2.88. The number of benzene rings is 1. The highest BCUT2D eigenvalue weighted by atomic mass is 19.1. The van der Waals surface area contributed by atoms with Crippen molar-refractivity contribution < 1.29 is 13.9 Å². The van der Waals surface area contributed by atoms with Gasteiger partial charge in [0.2, 0.25) is 0 Å². The zero-order valence-corrected chi connectivity index (χ0v) is 9.50. The SMILES string of the molecule is Cc1cc(C(=O)C2CCC(C)O2)ccc1F. The van der Waals surface area contributed by atoms with Crippen LogP contribution >= 0.6 is 0 Å². The Labute approximate surface area is 94.4 Å². The second-order valence-corrected chi connectivity index (χ2v) is 4.34. The van der Waals surface area contributed by atoms with Crippen molar-refractivity contribution in [3.05, 3.63) is 35.1 Å². The van der Waals surface area contributed by atoms with Gasteiger partial charge in [0.15, 0.2) is 5.78 Å². The fraction of sp³-hybridized carbons (Fsp3) is 0.462. The summed E-state index contributed by atoms with van der Waals surface area (Å²) in [7, 11) is 0. The number of Topliss-reactive ketones (excluding diaryl/α,β-unsaturated/α-hetero) is 1. The van der Waals surface area contributed by atoms with Gasteiger partial charge in [-0.05, 0) is 50.5 Å². The van der Waals surface area contributed by atoms with Gasteiger partial charge in [-0.1, -0.05) is 0 Å². The molecule has 1 aliphatic rings. The first kappa shape index (κ1) is 11.3. The summed E-state index contributed by atoms with van der Waals surface area (Å²) in [6, 6.07) is 4.45. The lowest BCUT2D eigenvalue weighted by Crippen LogP contribution is -2.20. The molecule has 86 valence electrons. The Balaban J connectivity index is 2.18. The standard InChI is InChI=1S/C13H15FO2/c1-8-7-10(4-5-11(8)14)13(15)12-6-3-9(2)16-12/h4-5,7,9,12H,3,6H2,1-2H3. The van der Waals surface area contributed by atoms with E-state index < -0.39 is 0 Å². The van der Waals surface area contributed by atoms with Crippen LogP contribution in [-0.2, 0) is 4.74 Å². The first-order chi connectivity index (χ1) is 7.58. The number of carbonyl (C=O) groups is 1. The molecule has 0 aliphatic carbocycles. The third-order valence-corrected chi connectivity index (χ3v) is 2.97. The van der Waals surface area contributed by atoms with Gasteiger partial charge in [-0.25, -0.2) is 4.39 Å². The lowest BCUT2D eigenvalue weighted by Gasteiger charge is -2.10. The average molecular weight is 222 g/mol. The van der Waals surface area contributed by atoms with Crippen molar-refractivity contribution in [1.82, 2.24) is 0 Å². The molecule has 0 aromatic heterocycles. The summed E-state index contributed by atoms with van der Waals surface area (Å²) in [5.41, 5.74) is 1.04. The Morgan fingerprint density at radius 1 is 1.44 bits per heavy atom. The van der Waals surface area contributed by atoms with Crippen molar-refractivity contribution in [1.29, 1.82) is 0 Å². The van der Waals surface area contributed by atoms with E-state index in [2.05, 4.69) is 0 Å². The Hall–Kier alpha value is -1.22. The summed E-state index contributed by atoms with van der Waals surface area (Å²) in [5, 5.41) is 0. The lowest BCUT2D eigenvalue weighted by atomic mass is 10.0. The van der Waals surface area contributed by atoms with Gasteiger partial charge in [0, 0.05) is 5.56 Å². The van der Waals surface area contributed by atoms with Crippen molar-refractivity contribution >= 4 is 5.78 Å². The molecular formula is C13H15FO2. The Morgan fingerprint density at radius 2 is 2.19 bits per heavy atom. The van der Waals surface area contributed by atoms with Gasteiger partial charge in [-0.15, -0.1) is 0 Å². The molecule has 2 unspecified atom stereocenters. The zero-order valence-electron chi connectivity index (χ0n) is 9.50. The minimum atomic E-state index is -0.347. The lowest BCUT2D eigenvalue weighted by molar-refractivity contribution is 0.0433. The Kier molecular flexibility index (Phi) is 3.06. The maximum Gasteiger partial charge on any atom is 0.191 e. The molecule has 0 bridgehead atoms. The second-order valence-electron chi connectivity index (χ2n) is 4.34. The topological polar surface area (TPSA) is 26.3 Å². The first-order valence-electron chi connectivity index (χ1n) is 5.54. The van der Waals surface area contributed by atoms with Gasteiger partial charge >= 0.3 is 0 Å². The predicted molar refractivity (Wildman–Crippen MR) is 59.0 cm³/mol. The number of rotatable bonds is 2. The fourth-order valence-electron chi connectivity index (χ4n) is 1.98. The largest absolute Gasteiger partial charge is 0.367 e. The van der Waals surface area contributed by atoms with Crippen molar-refractivity contribution in [2.24, 2.45) is 0 Å². The second kappa shape index (κ2) is 4.34. The van der Waals surface area contributed by atoms with Gasteiger partial charge in [-0.2, -0.15) is 0 Å². The molecule has 2 nitrogen and oxygen atoms in total. The number of ketones is 1. The van der Waals surface area contributed by atoms with Crippen LogP contribution in [0.3, 0.4) is 0 Å². The van der Waals surface area contributed by atoms with E-state index in [9.17, 15) is 9.18 Å². The zero-order chi connectivity index (χ0) is 11.7. The van der Waals surface area contributed by atoms with Crippen LogP contribution in [0.4, 0.5) is 4.39 Å². The molecule has 1 heterocycles. The van der Waals surface area contributed by atoms with Crippen LogP contribution in [0, 0.1) is 12.7 Å². The highest BCUT2D eigenvalue weighted by Crippen LogP contribution is 2.23. The summed E-state index contributed by atoms with van der Waals surface area (Å²) in [6.07, 6.45) is 1.47. The monoisotopic (exact) mass is 222 g/mol. The maximum atomic E-state index is 13.1. The minimum Gasteiger partial charge on any atom is -0.367 e. The van der Waals surface area contributed by atoms with Crippen molar-refractivity contribution in [2.45, 2.75) is 38.9 Å². The van der Waals surface area contributed by atoms with Crippen LogP contribution in [0.15, 0.2) is 18.2 Å². The number of hydrogen-bond donors (Lipinski definition) is 0. The third kappa shape index (κ3) is 2.14. The number of halogens is 1. The molecule has 2 rings (SSSR count). The smallest absolute Gasteiger partial charge is 0.191 e. The summed E-state index contributed by atoms with van der Waals surface area (Å²) in [6.45, 7) is 3.62. The normalized spacial score (nSPS) is 24.7. The van der Waals surface area contributed by atoms with E-state index in [1.54, 1.807) is 13.0 Å². The van der Waals surface area contributed by atoms with Gasteiger partial charge in [0.05, 0.1) is 6.10 Å². The van der Waals surface area contributed by atoms with E-state index in [0.29, 0.717) is 11.1 Å². The summed E-state index contributed by atoms with van der Waals surface area (Å²) in [5.74, 6) is -0.315. The van der Waals surface area contributed by atoms with Crippen molar-refractivity contribution in [3.63, 3.8) is 0 Å². The first-order valence-corrected chi connectivity index (χ1v) is 5.54. The molecule has 0 radical (unpaired) electrons. The van der Waals surface area contributed by atoms with Gasteiger partial charge in [-0.3, -0.25) is 4.79 Å². The molecule has 3 heteroatoms. The molecule has 0 spiro atoms. The molecule has 1 saturated heterocycles. The van der Waals surface area contributed by atoms with Crippen molar-refractivity contribution in [2.75, 3.05) is 0 Å². The molecule has 0 N–H and O–H groups in total. The molecule has 1 aromatic rings. The quantitative estimate of drug-likeness (QED) is 0.719. The average Bonchev–Trinajstić information content (AvgIpc) is 2.68. The number of carbonyl (C=O) groups excluding carboxylic acids is 1. The molecular weight excluding hydrogens is 207 g/mol. The van der Waals surface area contributed by atoms with Crippen molar-refractivity contribution in [3.8, 4) is 0 Å². The summed E-state index contributed by atoms with van der Waals surface area (Å²) >= 11 is 0. The van der Waals surface area contributed by atoms with Crippen LogP contribution < -0.4 is 0 Å². The Morgan fingerprint density at radius 3 is 2.75 bits per heavy atom. The van der Waals surface area contributed by atoms with Gasteiger partial charge < -0.3 is 4.74 Å². The molecule has 0 amide bonds. The van der Waals surface area contributed by atoms with Gasteiger partial charge in [0.1, 0.15) is 11.9 Å². The fourth-order valence-corrected chi connectivity index (χ4v) is 1.98. The highest BCUT2D eigenvalue weighted by molar-refractivity contribution is 5.99. The van der Waals surface area contributed by atoms with E-state index >= 15 is 0 Å². The molecule has 2 atom stereocenters. The number of hydrogen-bond acceptors (Lipinski definition) is 2. The van der Waals surface area contributed by atoms with Crippen LogP contribution in [0.25, 0.3) is 0 Å². The highest BCUT2D eigenvalue weighted by Gasteiger charge is 2.28. The molecule has 1 fully saturated rings. The summed E-state index contributed by atoms with van der Waals surface area (Å²) < 4.78 is 18.6. The molecule has 1 aromatic carbocycles. The van der Waals surface area contributed by atoms with E-state index in [4.69, 9.17) is 4.74 Å². The van der Waals surface area contributed by atoms with Crippen LogP contribution in [0.2, 0.25) is 0 Å². The molecule has 16 heavy (non-hydrogen) atoms.